The van der Waals surface area contributed by atoms with E-state index in [0.717, 1.165) is 11.1 Å². The Morgan fingerprint density at radius 1 is 0.722 bits per heavy atom. The molecule has 0 aliphatic carbocycles. The summed E-state index contributed by atoms with van der Waals surface area (Å²) in [4.78, 5) is 0. The summed E-state index contributed by atoms with van der Waals surface area (Å²) in [6, 6.07) is 14.1. The van der Waals surface area contributed by atoms with Crippen molar-refractivity contribution in [1.82, 2.24) is 0 Å². The van der Waals surface area contributed by atoms with Crippen LogP contribution >= 0.6 is 23.2 Å². The Labute approximate surface area is 115 Å². The second-order valence-electron chi connectivity index (χ2n) is 3.61. The van der Waals surface area contributed by atoms with Crippen LogP contribution in [0.5, 0.6) is 0 Å². The molecule has 2 rings (SSSR count). The molecule has 0 atom stereocenters. The van der Waals surface area contributed by atoms with Crippen LogP contribution in [0.2, 0.25) is 10.0 Å². The third kappa shape index (κ3) is 2.31. The minimum absolute atomic E-state index is 0.459. The maximum Gasteiger partial charge on any atom is 0.0992 e. The molecule has 0 fully saturated rings. The molecule has 18 heavy (non-hydrogen) atoms. The fraction of sp³-hybridized carbons (Fsp3) is 0. The molecule has 0 aliphatic rings. The first-order valence-corrected chi connectivity index (χ1v) is 5.81. The van der Waals surface area contributed by atoms with Gasteiger partial charge in [0.25, 0.3) is 0 Å². The summed E-state index contributed by atoms with van der Waals surface area (Å²) in [5, 5.41) is 18.5. The van der Waals surface area contributed by atoms with Gasteiger partial charge < -0.3 is 0 Å². The molecule has 0 saturated carbocycles. The average Bonchev–Trinajstić information content (AvgIpc) is 2.39. The predicted octanol–water partition coefficient (Wildman–Crippen LogP) is 4.40. The number of hydrogen-bond donors (Lipinski definition) is 0. The molecule has 0 aromatic heterocycles. The highest BCUT2D eigenvalue weighted by molar-refractivity contribution is 6.36. The molecule has 2 aromatic rings. The van der Waals surface area contributed by atoms with Gasteiger partial charge in [-0.3, -0.25) is 0 Å². The summed E-state index contributed by atoms with van der Waals surface area (Å²) in [5.41, 5.74) is 2.47. The molecule has 4 heteroatoms. The third-order valence-corrected chi connectivity index (χ3v) is 3.11. The molecule has 0 unspecified atom stereocenters. The fourth-order valence-electron chi connectivity index (χ4n) is 1.61. The molecule has 0 radical (unpaired) electrons. The van der Waals surface area contributed by atoms with Crippen molar-refractivity contribution in [3.63, 3.8) is 0 Å². The maximum atomic E-state index is 8.78. The van der Waals surface area contributed by atoms with E-state index in [9.17, 15) is 0 Å². The molecule has 0 aliphatic heterocycles. The summed E-state index contributed by atoms with van der Waals surface area (Å²) < 4.78 is 0. The quantitative estimate of drug-likeness (QED) is 0.772. The van der Waals surface area contributed by atoms with Crippen molar-refractivity contribution >= 4 is 23.2 Å². The lowest BCUT2D eigenvalue weighted by Crippen LogP contribution is -1.84. The van der Waals surface area contributed by atoms with Gasteiger partial charge in [-0.25, -0.2) is 0 Å². The third-order valence-electron chi connectivity index (χ3n) is 2.49. The van der Waals surface area contributed by atoms with Gasteiger partial charge in [0, 0.05) is 21.2 Å². The van der Waals surface area contributed by atoms with Crippen LogP contribution in [0.15, 0.2) is 36.4 Å². The van der Waals surface area contributed by atoms with Crippen LogP contribution < -0.4 is 0 Å². The van der Waals surface area contributed by atoms with E-state index in [1.807, 2.05) is 12.1 Å². The Hall–Kier alpha value is -2.00. The van der Waals surface area contributed by atoms with Crippen LogP contribution in [0.4, 0.5) is 0 Å². The molecule has 2 aromatic carbocycles. The average molecular weight is 273 g/mol. The van der Waals surface area contributed by atoms with Gasteiger partial charge in [-0.2, -0.15) is 10.5 Å². The Morgan fingerprint density at radius 3 is 1.39 bits per heavy atom. The summed E-state index contributed by atoms with van der Waals surface area (Å²) in [7, 11) is 0. The van der Waals surface area contributed by atoms with Crippen molar-refractivity contribution in [2.45, 2.75) is 0 Å². The van der Waals surface area contributed by atoms with Crippen molar-refractivity contribution in [3.8, 4) is 23.3 Å². The lowest BCUT2D eigenvalue weighted by Gasteiger charge is -2.07. The van der Waals surface area contributed by atoms with Gasteiger partial charge in [-0.15, -0.1) is 0 Å². The van der Waals surface area contributed by atoms with E-state index in [1.165, 1.54) is 0 Å². The standard InChI is InChI=1S/C14H6Cl2N2/c15-13-5-9(7-17)1-3-11(13)12-4-2-10(8-18)6-14(12)16/h1-6H. The van der Waals surface area contributed by atoms with Crippen molar-refractivity contribution in [1.29, 1.82) is 10.5 Å². The van der Waals surface area contributed by atoms with E-state index in [0.29, 0.717) is 21.2 Å². The zero-order valence-electron chi connectivity index (χ0n) is 9.11. The summed E-state index contributed by atoms with van der Waals surface area (Å²) in [6.07, 6.45) is 0. The van der Waals surface area contributed by atoms with Gasteiger partial charge in [0.15, 0.2) is 0 Å². The lowest BCUT2D eigenvalue weighted by molar-refractivity contribution is 1.47. The summed E-state index contributed by atoms with van der Waals surface area (Å²) in [5.74, 6) is 0. The summed E-state index contributed by atoms with van der Waals surface area (Å²) >= 11 is 12.2. The van der Waals surface area contributed by atoms with Gasteiger partial charge in [0.1, 0.15) is 0 Å². The number of halogens is 2. The first-order valence-electron chi connectivity index (χ1n) is 5.05. The monoisotopic (exact) mass is 272 g/mol. The molecule has 0 spiro atoms. The number of nitrogens with zero attached hydrogens (tertiary/aromatic N) is 2. The normalized spacial score (nSPS) is 9.56. The number of rotatable bonds is 1. The molecule has 86 valence electrons. The van der Waals surface area contributed by atoms with Gasteiger partial charge in [-0.1, -0.05) is 35.3 Å². The molecule has 0 heterocycles. The van der Waals surface area contributed by atoms with Crippen LogP contribution in [0.25, 0.3) is 11.1 Å². The van der Waals surface area contributed by atoms with Crippen LogP contribution in [0.3, 0.4) is 0 Å². The highest BCUT2D eigenvalue weighted by atomic mass is 35.5. The van der Waals surface area contributed by atoms with Crippen molar-refractivity contribution in [3.05, 3.63) is 57.6 Å². The lowest BCUT2D eigenvalue weighted by atomic mass is 10.0. The van der Waals surface area contributed by atoms with Crippen LogP contribution in [0, 0.1) is 22.7 Å². The van der Waals surface area contributed by atoms with Crippen molar-refractivity contribution in [2.75, 3.05) is 0 Å². The van der Waals surface area contributed by atoms with Gasteiger partial charge in [0.2, 0.25) is 0 Å². The predicted molar refractivity (Wildman–Crippen MR) is 71.3 cm³/mol. The Balaban J connectivity index is 2.57. The largest absolute Gasteiger partial charge is 0.192 e. The van der Waals surface area contributed by atoms with E-state index < -0.39 is 0 Å². The van der Waals surface area contributed by atoms with Gasteiger partial charge in [-0.05, 0) is 24.3 Å². The molecule has 0 bridgehead atoms. The topological polar surface area (TPSA) is 47.6 Å². The van der Waals surface area contributed by atoms with E-state index in [2.05, 4.69) is 0 Å². The highest BCUT2D eigenvalue weighted by Gasteiger charge is 2.09. The second kappa shape index (κ2) is 5.10. The molecule has 0 amide bonds. The van der Waals surface area contributed by atoms with E-state index >= 15 is 0 Å². The van der Waals surface area contributed by atoms with E-state index in [-0.39, 0.29) is 0 Å². The van der Waals surface area contributed by atoms with Gasteiger partial charge >= 0.3 is 0 Å². The minimum atomic E-state index is 0.459. The van der Waals surface area contributed by atoms with Gasteiger partial charge in [0.05, 0.1) is 23.3 Å². The molecule has 0 saturated heterocycles. The number of benzene rings is 2. The number of hydrogen-bond acceptors (Lipinski definition) is 2. The van der Waals surface area contributed by atoms with Crippen LogP contribution in [0.1, 0.15) is 11.1 Å². The number of nitriles is 2. The Bertz CT molecular complexity index is 632. The zero-order valence-corrected chi connectivity index (χ0v) is 10.6. The first kappa shape index (κ1) is 12.5. The Kier molecular flexibility index (Phi) is 3.53. The SMILES string of the molecule is N#Cc1ccc(-c2ccc(C#N)cc2Cl)c(Cl)c1. The van der Waals surface area contributed by atoms with Crippen molar-refractivity contribution in [2.24, 2.45) is 0 Å². The van der Waals surface area contributed by atoms with Crippen molar-refractivity contribution < 1.29 is 0 Å². The molecule has 2 nitrogen and oxygen atoms in total. The highest BCUT2D eigenvalue weighted by Crippen LogP contribution is 2.34. The smallest absolute Gasteiger partial charge is 0.0992 e. The Morgan fingerprint density at radius 2 is 1.11 bits per heavy atom. The second-order valence-corrected chi connectivity index (χ2v) is 4.43. The molecular formula is C14H6Cl2N2. The first-order chi connectivity index (χ1) is 8.65. The fourth-order valence-corrected chi connectivity index (χ4v) is 2.17. The maximum absolute atomic E-state index is 8.78. The van der Waals surface area contributed by atoms with E-state index in [4.69, 9.17) is 33.7 Å². The zero-order chi connectivity index (χ0) is 13.1. The molecule has 0 N–H and O–H groups in total. The summed E-state index contributed by atoms with van der Waals surface area (Å²) in [6.45, 7) is 0. The van der Waals surface area contributed by atoms with Crippen LogP contribution in [-0.4, -0.2) is 0 Å². The molecular weight excluding hydrogens is 267 g/mol. The minimum Gasteiger partial charge on any atom is -0.192 e. The van der Waals surface area contributed by atoms with E-state index in [1.54, 1.807) is 36.4 Å². The van der Waals surface area contributed by atoms with Crippen LogP contribution in [-0.2, 0) is 0 Å².